The highest BCUT2D eigenvalue weighted by atomic mass is 32.2. The van der Waals surface area contributed by atoms with Gasteiger partial charge in [-0.2, -0.15) is 5.10 Å². The number of anilines is 1. The van der Waals surface area contributed by atoms with Crippen LogP contribution in [0.2, 0.25) is 0 Å². The van der Waals surface area contributed by atoms with Crippen LogP contribution in [0.3, 0.4) is 0 Å². The summed E-state index contributed by atoms with van der Waals surface area (Å²) in [6, 6.07) is 13.9. The van der Waals surface area contributed by atoms with E-state index >= 15 is 0 Å². The number of nitro groups is 1. The number of hydrogen-bond acceptors (Lipinski definition) is 7. The second kappa shape index (κ2) is 8.49. The fourth-order valence-corrected chi connectivity index (χ4v) is 3.14. The molecule has 0 unspecified atom stereocenters. The fraction of sp³-hybridized carbons (Fsp3) is 0.105. The van der Waals surface area contributed by atoms with Crippen molar-refractivity contribution in [2.45, 2.75) is 0 Å². The molecule has 28 heavy (non-hydrogen) atoms. The summed E-state index contributed by atoms with van der Waals surface area (Å²) in [7, 11) is 3.93. The molecule has 2 aromatic rings. The molecule has 0 radical (unpaired) electrons. The van der Waals surface area contributed by atoms with Gasteiger partial charge >= 0.3 is 0 Å². The lowest BCUT2D eigenvalue weighted by molar-refractivity contribution is -0.384. The molecule has 0 aliphatic carbocycles. The molecule has 142 valence electrons. The third-order valence-electron chi connectivity index (χ3n) is 3.79. The minimum absolute atomic E-state index is 0.0225. The lowest BCUT2D eigenvalue weighted by atomic mass is 10.2. The number of carbonyl (C=O) groups excluding carboxylic acids is 1. The van der Waals surface area contributed by atoms with Crippen LogP contribution in [0.15, 0.2) is 63.6 Å². The predicted octanol–water partition coefficient (Wildman–Crippen LogP) is 3.25. The second-order valence-electron chi connectivity index (χ2n) is 6.05. The molecule has 1 aliphatic heterocycles. The Kier molecular flexibility index (Phi) is 5.85. The summed E-state index contributed by atoms with van der Waals surface area (Å²) in [4.78, 5) is 24.9. The molecule has 1 saturated heterocycles. The quantitative estimate of drug-likeness (QED) is 0.362. The largest absolute Gasteiger partial charge is 0.378 e. The maximum atomic E-state index is 12.1. The van der Waals surface area contributed by atoms with Gasteiger partial charge in [-0.3, -0.25) is 20.2 Å². The molecule has 1 aliphatic rings. The SMILES string of the molecule is CN(C)c1ccc(/C=C2/S/C(=N/N=C/c3cccc([N+](=O)[O-])c3)NC2=O)cc1. The summed E-state index contributed by atoms with van der Waals surface area (Å²) in [5.41, 5.74) is 2.50. The van der Waals surface area contributed by atoms with E-state index in [4.69, 9.17) is 0 Å². The molecule has 0 aromatic heterocycles. The minimum atomic E-state index is -0.474. The maximum Gasteiger partial charge on any atom is 0.270 e. The van der Waals surface area contributed by atoms with Gasteiger partial charge in [0, 0.05) is 37.5 Å². The van der Waals surface area contributed by atoms with Crippen LogP contribution in [0.25, 0.3) is 6.08 Å². The van der Waals surface area contributed by atoms with Crippen LogP contribution in [0.5, 0.6) is 0 Å². The fourth-order valence-electron chi connectivity index (χ4n) is 2.36. The predicted molar refractivity (Wildman–Crippen MR) is 113 cm³/mol. The lowest BCUT2D eigenvalue weighted by Gasteiger charge is -2.11. The van der Waals surface area contributed by atoms with Gasteiger partial charge in [-0.25, -0.2) is 0 Å². The maximum absolute atomic E-state index is 12.1. The van der Waals surface area contributed by atoms with Crippen molar-refractivity contribution in [1.29, 1.82) is 0 Å². The first-order valence-electron chi connectivity index (χ1n) is 8.26. The molecule has 0 atom stereocenters. The lowest BCUT2D eigenvalue weighted by Crippen LogP contribution is -2.19. The molecule has 3 rings (SSSR count). The average molecular weight is 395 g/mol. The van der Waals surface area contributed by atoms with E-state index in [-0.39, 0.29) is 11.6 Å². The Morgan fingerprint density at radius 2 is 1.89 bits per heavy atom. The van der Waals surface area contributed by atoms with Crippen molar-refractivity contribution in [3.63, 3.8) is 0 Å². The number of amidine groups is 1. The zero-order valence-electron chi connectivity index (χ0n) is 15.2. The van der Waals surface area contributed by atoms with Gasteiger partial charge in [-0.05, 0) is 35.5 Å². The summed E-state index contributed by atoms with van der Waals surface area (Å²) < 4.78 is 0. The average Bonchev–Trinajstić information content (AvgIpc) is 3.01. The van der Waals surface area contributed by atoms with E-state index < -0.39 is 4.92 Å². The number of nitrogens with one attached hydrogen (secondary N) is 1. The Hall–Kier alpha value is -3.46. The van der Waals surface area contributed by atoms with Crippen molar-refractivity contribution in [3.8, 4) is 0 Å². The number of benzene rings is 2. The van der Waals surface area contributed by atoms with E-state index in [1.807, 2.05) is 43.3 Å². The van der Waals surface area contributed by atoms with Gasteiger partial charge in [0.2, 0.25) is 0 Å². The third kappa shape index (κ3) is 4.83. The van der Waals surface area contributed by atoms with E-state index in [2.05, 4.69) is 15.5 Å². The van der Waals surface area contributed by atoms with E-state index in [0.29, 0.717) is 15.6 Å². The number of rotatable bonds is 5. The molecule has 1 amide bonds. The third-order valence-corrected chi connectivity index (χ3v) is 4.69. The molecule has 8 nitrogen and oxygen atoms in total. The van der Waals surface area contributed by atoms with Gasteiger partial charge in [-0.1, -0.05) is 24.3 Å². The molecule has 0 bridgehead atoms. The van der Waals surface area contributed by atoms with Gasteiger partial charge in [0.25, 0.3) is 11.6 Å². The Labute approximate surface area is 165 Å². The molecule has 0 saturated carbocycles. The zero-order valence-corrected chi connectivity index (χ0v) is 16.0. The Morgan fingerprint density at radius 3 is 2.57 bits per heavy atom. The van der Waals surface area contributed by atoms with Crippen molar-refractivity contribution in [3.05, 3.63) is 74.7 Å². The smallest absolute Gasteiger partial charge is 0.270 e. The van der Waals surface area contributed by atoms with Crippen molar-refractivity contribution in [2.24, 2.45) is 10.2 Å². The van der Waals surface area contributed by atoms with Crippen LogP contribution in [0.1, 0.15) is 11.1 Å². The molecular formula is C19H17N5O3S. The van der Waals surface area contributed by atoms with Crippen LogP contribution in [-0.4, -0.2) is 36.3 Å². The van der Waals surface area contributed by atoms with Crippen LogP contribution in [0, 0.1) is 10.1 Å². The summed E-state index contributed by atoms with van der Waals surface area (Å²) in [6.07, 6.45) is 3.18. The topological polar surface area (TPSA) is 100 Å². The van der Waals surface area contributed by atoms with E-state index in [1.54, 1.807) is 18.2 Å². The molecule has 1 N–H and O–H groups in total. The second-order valence-corrected chi connectivity index (χ2v) is 7.08. The Bertz CT molecular complexity index is 997. The number of non-ortho nitro benzene ring substituents is 1. The highest BCUT2D eigenvalue weighted by molar-refractivity contribution is 8.18. The Balaban J connectivity index is 1.69. The van der Waals surface area contributed by atoms with E-state index in [0.717, 1.165) is 11.3 Å². The van der Waals surface area contributed by atoms with Gasteiger partial charge in [-0.15, -0.1) is 5.10 Å². The van der Waals surface area contributed by atoms with Crippen LogP contribution >= 0.6 is 11.8 Å². The summed E-state index contributed by atoms with van der Waals surface area (Å²) in [5, 5.41) is 21.7. The summed E-state index contributed by atoms with van der Waals surface area (Å²) in [6.45, 7) is 0. The van der Waals surface area contributed by atoms with Gasteiger partial charge in [0.15, 0.2) is 5.17 Å². The first-order chi connectivity index (χ1) is 13.4. The highest BCUT2D eigenvalue weighted by Gasteiger charge is 2.23. The van der Waals surface area contributed by atoms with Crippen molar-refractivity contribution in [1.82, 2.24) is 5.32 Å². The van der Waals surface area contributed by atoms with Crippen molar-refractivity contribution < 1.29 is 9.72 Å². The number of thioether (sulfide) groups is 1. The summed E-state index contributed by atoms with van der Waals surface area (Å²) >= 11 is 1.19. The van der Waals surface area contributed by atoms with Gasteiger partial charge in [0.1, 0.15) is 0 Å². The number of nitro benzene ring substituents is 1. The monoisotopic (exact) mass is 395 g/mol. The standard InChI is InChI=1S/C19H17N5O3S/c1-23(2)15-8-6-13(7-9-15)11-17-18(25)21-19(28-17)22-20-12-14-4-3-5-16(10-14)24(26)27/h3-12H,1-2H3,(H,21,22,25)/b17-11+,20-12+. The molecule has 9 heteroatoms. The van der Waals surface area contributed by atoms with Gasteiger partial charge < -0.3 is 4.90 Å². The normalized spacial score (nSPS) is 16.7. The number of nitrogens with zero attached hydrogens (tertiary/aromatic N) is 4. The van der Waals surface area contributed by atoms with Crippen molar-refractivity contribution >= 4 is 46.5 Å². The molecule has 2 aromatic carbocycles. The molecular weight excluding hydrogens is 378 g/mol. The number of carbonyl (C=O) groups is 1. The zero-order chi connectivity index (χ0) is 20.1. The summed E-state index contributed by atoms with van der Waals surface area (Å²) in [5.74, 6) is -0.244. The van der Waals surface area contributed by atoms with Crippen LogP contribution < -0.4 is 10.2 Å². The van der Waals surface area contributed by atoms with Gasteiger partial charge in [0.05, 0.1) is 16.0 Å². The minimum Gasteiger partial charge on any atom is -0.378 e. The molecule has 0 spiro atoms. The number of amides is 1. The number of hydrogen-bond donors (Lipinski definition) is 1. The van der Waals surface area contributed by atoms with Crippen molar-refractivity contribution in [2.75, 3.05) is 19.0 Å². The first-order valence-corrected chi connectivity index (χ1v) is 9.08. The Morgan fingerprint density at radius 1 is 1.14 bits per heavy atom. The van der Waals surface area contributed by atoms with Crippen LogP contribution in [-0.2, 0) is 4.79 Å². The van der Waals surface area contributed by atoms with Crippen LogP contribution in [0.4, 0.5) is 11.4 Å². The highest BCUT2D eigenvalue weighted by Crippen LogP contribution is 2.26. The van der Waals surface area contributed by atoms with E-state index in [9.17, 15) is 14.9 Å². The molecule has 1 heterocycles. The first kappa shape index (κ1) is 19.3. The molecule has 1 fully saturated rings. The van der Waals surface area contributed by atoms with E-state index in [1.165, 1.54) is 30.1 Å².